The topological polar surface area (TPSA) is 67.9 Å². The molecular weight excluding hydrogens is 568 g/mol. The number of carbonyl (C=O) groups is 2. The van der Waals surface area contributed by atoms with Gasteiger partial charge in [0.05, 0.1) is 12.1 Å². The molecule has 38 heavy (non-hydrogen) atoms. The van der Waals surface area contributed by atoms with Crippen LogP contribution in [-0.4, -0.2) is 42.5 Å². The SMILES string of the molecule is COc1cccc(CN(C(=O)COc2ccc(Br)cc2Cl)C(Cc2ccccc2)C(=O)NC2CCCC2)c1. The lowest BCUT2D eigenvalue weighted by Crippen LogP contribution is -2.53. The van der Waals surface area contributed by atoms with Crippen LogP contribution in [0.15, 0.2) is 77.3 Å². The lowest BCUT2D eigenvalue weighted by Gasteiger charge is -2.32. The van der Waals surface area contributed by atoms with Gasteiger partial charge in [0.1, 0.15) is 17.5 Å². The first-order valence-corrected chi connectivity index (χ1v) is 13.9. The standard InChI is InChI=1S/C30H32BrClN2O4/c1-37-25-13-7-10-22(16-25)19-34(29(35)20-38-28-15-14-23(31)18-26(28)32)27(17-21-8-3-2-4-9-21)30(36)33-24-11-5-6-12-24/h2-4,7-10,13-16,18,24,27H,5-6,11-12,17,19-20H2,1H3,(H,33,36). The molecule has 0 spiro atoms. The summed E-state index contributed by atoms with van der Waals surface area (Å²) in [6.07, 6.45) is 4.50. The molecule has 1 fully saturated rings. The second-order valence-corrected chi connectivity index (χ2v) is 10.8. The molecule has 1 saturated carbocycles. The van der Waals surface area contributed by atoms with Gasteiger partial charge in [-0.2, -0.15) is 0 Å². The number of benzene rings is 3. The molecule has 0 radical (unpaired) electrons. The van der Waals surface area contributed by atoms with Crippen LogP contribution in [0.25, 0.3) is 0 Å². The van der Waals surface area contributed by atoms with Crippen LogP contribution in [0.2, 0.25) is 5.02 Å². The van der Waals surface area contributed by atoms with Crippen LogP contribution in [0.4, 0.5) is 0 Å². The van der Waals surface area contributed by atoms with E-state index in [0.29, 0.717) is 22.9 Å². The van der Waals surface area contributed by atoms with E-state index in [1.807, 2.05) is 54.6 Å². The summed E-state index contributed by atoms with van der Waals surface area (Å²) in [6.45, 7) is -0.0314. The Morgan fingerprint density at radius 2 is 1.76 bits per heavy atom. The smallest absolute Gasteiger partial charge is 0.261 e. The lowest BCUT2D eigenvalue weighted by atomic mass is 10.0. The number of halogens is 2. The van der Waals surface area contributed by atoms with Crippen LogP contribution >= 0.6 is 27.5 Å². The molecule has 1 atom stereocenters. The maximum Gasteiger partial charge on any atom is 0.261 e. The number of amides is 2. The summed E-state index contributed by atoms with van der Waals surface area (Å²) >= 11 is 9.69. The Morgan fingerprint density at radius 3 is 2.47 bits per heavy atom. The number of nitrogens with zero attached hydrogens (tertiary/aromatic N) is 1. The molecule has 3 aromatic rings. The maximum absolute atomic E-state index is 13.8. The van der Waals surface area contributed by atoms with Crippen molar-refractivity contribution in [2.75, 3.05) is 13.7 Å². The van der Waals surface area contributed by atoms with E-state index in [0.717, 1.165) is 41.3 Å². The van der Waals surface area contributed by atoms with E-state index >= 15 is 0 Å². The third-order valence-corrected chi connectivity index (χ3v) is 7.49. The highest BCUT2D eigenvalue weighted by Gasteiger charge is 2.32. The number of methoxy groups -OCH3 is 1. The van der Waals surface area contributed by atoms with Crippen LogP contribution < -0.4 is 14.8 Å². The molecule has 0 bridgehead atoms. The van der Waals surface area contributed by atoms with Gasteiger partial charge in [-0.1, -0.05) is 82.8 Å². The predicted octanol–water partition coefficient (Wildman–Crippen LogP) is 6.19. The largest absolute Gasteiger partial charge is 0.497 e. The fourth-order valence-corrected chi connectivity index (χ4v) is 5.43. The first-order valence-electron chi connectivity index (χ1n) is 12.8. The van der Waals surface area contributed by atoms with E-state index in [1.165, 1.54) is 0 Å². The van der Waals surface area contributed by atoms with Crippen LogP contribution in [0, 0.1) is 0 Å². The lowest BCUT2D eigenvalue weighted by molar-refractivity contribution is -0.143. The molecule has 6 nitrogen and oxygen atoms in total. The Labute approximate surface area is 237 Å². The van der Waals surface area contributed by atoms with Gasteiger partial charge in [-0.3, -0.25) is 9.59 Å². The van der Waals surface area contributed by atoms with E-state index in [9.17, 15) is 9.59 Å². The summed E-state index contributed by atoms with van der Waals surface area (Å²) in [6, 6.07) is 21.9. The van der Waals surface area contributed by atoms with Crippen LogP contribution in [0.1, 0.15) is 36.8 Å². The van der Waals surface area contributed by atoms with Crippen molar-refractivity contribution in [1.29, 1.82) is 0 Å². The Kier molecular flexibility index (Phi) is 10.1. The Balaban J connectivity index is 1.63. The summed E-state index contributed by atoms with van der Waals surface area (Å²) in [5, 5.41) is 3.60. The number of hydrogen-bond acceptors (Lipinski definition) is 4. The van der Waals surface area contributed by atoms with Crippen molar-refractivity contribution in [3.8, 4) is 11.5 Å². The normalized spacial score (nSPS) is 14.1. The van der Waals surface area contributed by atoms with Crippen molar-refractivity contribution in [2.45, 2.75) is 50.7 Å². The Bertz CT molecular complexity index is 1230. The van der Waals surface area contributed by atoms with Crippen molar-refractivity contribution in [2.24, 2.45) is 0 Å². The van der Waals surface area contributed by atoms with Gasteiger partial charge in [0.2, 0.25) is 5.91 Å². The number of hydrogen-bond donors (Lipinski definition) is 1. The van der Waals surface area contributed by atoms with E-state index in [-0.39, 0.29) is 31.0 Å². The van der Waals surface area contributed by atoms with Gasteiger partial charge in [-0.05, 0) is 54.3 Å². The summed E-state index contributed by atoms with van der Waals surface area (Å²) in [7, 11) is 1.60. The second kappa shape index (κ2) is 13.7. The number of ether oxygens (including phenoxy) is 2. The maximum atomic E-state index is 13.8. The van der Waals surface area contributed by atoms with Crippen LogP contribution in [0.3, 0.4) is 0 Å². The van der Waals surface area contributed by atoms with Crippen molar-refractivity contribution in [1.82, 2.24) is 10.2 Å². The molecule has 1 N–H and O–H groups in total. The molecule has 2 amide bonds. The van der Waals surface area contributed by atoms with E-state index in [2.05, 4.69) is 21.2 Å². The van der Waals surface area contributed by atoms with Gasteiger partial charge in [0.15, 0.2) is 6.61 Å². The van der Waals surface area contributed by atoms with E-state index in [1.54, 1.807) is 30.2 Å². The highest BCUT2D eigenvalue weighted by Crippen LogP contribution is 2.28. The highest BCUT2D eigenvalue weighted by atomic mass is 79.9. The number of nitrogens with one attached hydrogen (secondary N) is 1. The third kappa shape index (κ3) is 7.74. The summed E-state index contributed by atoms with van der Waals surface area (Å²) in [5.41, 5.74) is 1.82. The van der Waals surface area contributed by atoms with Crippen LogP contribution in [0.5, 0.6) is 11.5 Å². The number of rotatable bonds is 11. The minimum atomic E-state index is -0.722. The molecule has 3 aromatic carbocycles. The third-order valence-electron chi connectivity index (χ3n) is 6.70. The van der Waals surface area contributed by atoms with Crippen molar-refractivity contribution < 1.29 is 19.1 Å². The van der Waals surface area contributed by atoms with Crippen LogP contribution in [-0.2, 0) is 22.6 Å². The molecule has 0 aromatic heterocycles. The second-order valence-electron chi connectivity index (χ2n) is 9.43. The van der Waals surface area contributed by atoms with Crippen molar-refractivity contribution in [3.05, 3.63) is 93.4 Å². The van der Waals surface area contributed by atoms with Gasteiger partial charge in [0, 0.05) is 23.5 Å². The fourth-order valence-electron chi connectivity index (χ4n) is 4.70. The quantitative estimate of drug-likeness (QED) is 0.286. The zero-order valence-corrected chi connectivity index (χ0v) is 23.7. The molecule has 8 heteroatoms. The molecule has 0 heterocycles. The number of carbonyl (C=O) groups excluding carboxylic acids is 2. The Morgan fingerprint density at radius 1 is 1.03 bits per heavy atom. The highest BCUT2D eigenvalue weighted by molar-refractivity contribution is 9.10. The average Bonchev–Trinajstić information content (AvgIpc) is 3.43. The molecule has 0 aliphatic heterocycles. The molecular formula is C30H32BrClN2O4. The van der Waals surface area contributed by atoms with Crippen molar-refractivity contribution in [3.63, 3.8) is 0 Å². The van der Waals surface area contributed by atoms with Gasteiger partial charge in [-0.15, -0.1) is 0 Å². The average molecular weight is 600 g/mol. The molecule has 1 unspecified atom stereocenters. The van der Waals surface area contributed by atoms with Gasteiger partial charge in [-0.25, -0.2) is 0 Å². The molecule has 1 aliphatic carbocycles. The minimum absolute atomic E-state index is 0.132. The Hall–Kier alpha value is -3.03. The van der Waals surface area contributed by atoms with Gasteiger partial charge >= 0.3 is 0 Å². The summed E-state index contributed by atoms with van der Waals surface area (Å²) in [4.78, 5) is 29.1. The predicted molar refractivity (Wildman–Crippen MR) is 153 cm³/mol. The zero-order chi connectivity index (χ0) is 26.9. The fraction of sp³-hybridized carbons (Fsp3) is 0.333. The molecule has 0 saturated heterocycles. The van der Waals surface area contributed by atoms with Crippen molar-refractivity contribution >= 4 is 39.3 Å². The first kappa shape index (κ1) is 28.0. The molecule has 4 rings (SSSR count). The summed E-state index contributed by atoms with van der Waals surface area (Å²) in [5.74, 6) is 0.621. The zero-order valence-electron chi connectivity index (χ0n) is 21.4. The monoisotopic (exact) mass is 598 g/mol. The minimum Gasteiger partial charge on any atom is -0.497 e. The van der Waals surface area contributed by atoms with Gasteiger partial charge < -0.3 is 19.7 Å². The first-order chi connectivity index (χ1) is 18.4. The van der Waals surface area contributed by atoms with E-state index in [4.69, 9.17) is 21.1 Å². The molecule has 1 aliphatic rings. The molecule has 200 valence electrons. The van der Waals surface area contributed by atoms with E-state index < -0.39 is 6.04 Å². The van der Waals surface area contributed by atoms with Gasteiger partial charge in [0.25, 0.3) is 5.91 Å². The summed E-state index contributed by atoms with van der Waals surface area (Å²) < 4.78 is 12.0.